The van der Waals surface area contributed by atoms with Crippen LogP contribution in [0.1, 0.15) is 16.2 Å². The molecule has 8 heteroatoms. The van der Waals surface area contributed by atoms with E-state index in [0.29, 0.717) is 16.5 Å². The highest BCUT2D eigenvalue weighted by atomic mass is 32.2. The van der Waals surface area contributed by atoms with Gasteiger partial charge in [-0.2, -0.15) is 0 Å². The first kappa shape index (κ1) is 16.1. The van der Waals surface area contributed by atoms with Crippen molar-refractivity contribution >= 4 is 26.5 Å². The lowest BCUT2D eigenvalue weighted by Gasteiger charge is -2.03. The molecule has 0 unspecified atom stereocenters. The number of pyridine rings is 1. The van der Waals surface area contributed by atoms with E-state index in [1.165, 1.54) is 12.3 Å². The van der Waals surface area contributed by atoms with Gasteiger partial charge in [0.25, 0.3) is 15.7 Å². The third kappa shape index (κ3) is 2.66. The average Bonchev–Trinajstić information content (AvgIpc) is 3.18. The Morgan fingerprint density at radius 1 is 0.885 bits per heavy atom. The van der Waals surface area contributed by atoms with Crippen LogP contribution in [0.5, 0.6) is 0 Å². The molecule has 0 N–H and O–H groups in total. The second-order valence-electron chi connectivity index (χ2n) is 5.40. The Bertz CT molecular complexity index is 1210. The van der Waals surface area contributed by atoms with Crippen molar-refractivity contribution in [2.45, 2.75) is 10.1 Å². The van der Waals surface area contributed by atoms with Crippen LogP contribution in [-0.2, 0) is 9.84 Å². The van der Waals surface area contributed by atoms with Crippen molar-refractivity contribution in [3.05, 3.63) is 78.3 Å². The molecular formula is C18H11N3O4S. The lowest BCUT2D eigenvalue weighted by molar-refractivity contribution is 0.0997. The quantitative estimate of drug-likeness (QED) is 0.512. The largest absolute Gasteiger partial charge is 0.404 e. The van der Waals surface area contributed by atoms with Crippen LogP contribution in [0, 0.1) is 0 Å². The van der Waals surface area contributed by atoms with Gasteiger partial charge in [-0.1, -0.05) is 53.6 Å². The summed E-state index contributed by atoms with van der Waals surface area (Å²) in [6.07, 6.45) is 1.50. The Balaban J connectivity index is 1.78. The number of para-hydroxylation sites is 1. The smallest absolute Gasteiger partial charge is 0.340 e. The Hall–Kier alpha value is -3.39. The van der Waals surface area contributed by atoms with E-state index >= 15 is 0 Å². The minimum Gasteiger partial charge on any atom is -0.404 e. The summed E-state index contributed by atoms with van der Waals surface area (Å²) in [6.45, 7) is 0. The lowest BCUT2D eigenvalue weighted by Crippen LogP contribution is -2.04. The van der Waals surface area contributed by atoms with Crippen LogP contribution in [0.3, 0.4) is 0 Å². The predicted octanol–water partition coefficient (Wildman–Crippen LogP) is 2.68. The fourth-order valence-corrected chi connectivity index (χ4v) is 3.72. The Morgan fingerprint density at radius 2 is 1.65 bits per heavy atom. The zero-order valence-corrected chi connectivity index (χ0v) is 14.1. The molecule has 0 spiro atoms. The van der Waals surface area contributed by atoms with Gasteiger partial charge in [-0.15, -0.1) is 5.10 Å². The number of rotatable bonds is 4. The monoisotopic (exact) mass is 365 g/mol. The van der Waals surface area contributed by atoms with Gasteiger partial charge in [0.05, 0.1) is 5.52 Å². The summed E-state index contributed by atoms with van der Waals surface area (Å²) in [7, 11) is -4.12. The van der Waals surface area contributed by atoms with Gasteiger partial charge >= 0.3 is 5.22 Å². The highest BCUT2D eigenvalue weighted by Gasteiger charge is 2.29. The molecule has 2 aromatic carbocycles. The van der Waals surface area contributed by atoms with Crippen LogP contribution in [0.25, 0.3) is 10.9 Å². The minimum atomic E-state index is -4.12. The molecule has 2 aromatic heterocycles. The van der Waals surface area contributed by atoms with E-state index < -0.39 is 20.8 Å². The molecule has 0 saturated carbocycles. The van der Waals surface area contributed by atoms with E-state index in [9.17, 15) is 13.2 Å². The fraction of sp³-hybridized carbons (Fsp3) is 0. The molecule has 4 aromatic rings. The maximum Gasteiger partial charge on any atom is 0.340 e. The Labute approximate surface area is 148 Å². The van der Waals surface area contributed by atoms with E-state index in [4.69, 9.17) is 4.42 Å². The van der Waals surface area contributed by atoms with Gasteiger partial charge in [0.1, 0.15) is 4.90 Å². The van der Waals surface area contributed by atoms with Crippen molar-refractivity contribution in [1.29, 1.82) is 0 Å². The Morgan fingerprint density at radius 3 is 2.46 bits per heavy atom. The van der Waals surface area contributed by atoms with E-state index in [1.54, 1.807) is 54.6 Å². The minimum absolute atomic E-state index is 0.0574. The SMILES string of the molecule is O=C(c1ccccc1)c1nnc(S(=O)(=O)c2cccc3cccnc23)o1. The van der Waals surface area contributed by atoms with Gasteiger partial charge in [0.2, 0.25) is 5.78 Å². The van der Waals surface area contributed by atoms with Crippen LogP contribution in [0.4, 0.5) is 0 Å². The lowest BCUT2D eigenvalue weighted by atomic mass is 10.1. The van der Waals surface area contributed by atoms with Crippen LogP contribution in [0.2, 0.25) is 0 Å². The molecule has 0 aliphatic heterocycles. The molecule has 4 rings (SSSR count). The van der Waals surface area contributed by atoms with E-state index in [0.717, 1.165) is 0 Å². The third-order valence-corrected chi connectivity index (χ3v) is 5.28. The molecule has 0 bridgehead atoms. The summed E-state index contributed by atoms with van der Waals surface area (Å²) in [5.41, 5.74) is 0.621. The Kier molecular flexibility index (Phi) is 3.81. The molecule has 0 aliphatic carbocycles. The highest BCUT2D eigenvalue weighted by molar-refractivity contribution is 7.91. The first-order valence-electron chi connectivity index (χ1n) is 7.59. The van der Waals surface area contributed by atoms with Crippen molar-refractivity contribution in [3.8, 4) is 0 Å². The standard InChI is InChI=1S/C18H11N3O4S/c22-16(13-6-2-1-3-7-13)17-20-21-18(25-17)26(23,24)14-10-4-8-12-9-5-11-19-15(12)14/h1-11H. The van der Waals surface area contributed by atoms with Gasteiger partial charge in [0.15, 0.2) is 0 Å². The van der Waals surface area contributed by atoms with Crippen molar-refractivity contribution in [1.82, 2.24) is 15.2 Å². The van der Waals surface area contributed by atoms with Crippen molar-refractivity contribution in [3.63, 3.8) is 0 Å². The summed E-state index contributed by atoms with van der Waals surface area (Å²) in [4.78, 5) is 16.4. The number of benzene rings is 2. The maximum absolute atomic E-state index is 12.9. The first-order valence-corrected chi connectivity index (χ1v) is 9.08. The number of fused-ring (bicyclic) bond motifs is 1. The number of aromatic nitrogens is 3. The summed E-state index contributed by atoms with van der Waals surface area (Å²) in [6, 6.07) is 16.5. The molecule has 0 aliphatic rings. The maximum atomic E-state index is 12.9. The third-order valence-electron chi connectivity index (χ3n) is 3.75. The summed E-state index contributed by atoms with van der Waals surface area (Å²) >= 11 is 0. The van der Waals surface area contributed by atoms with Gasteiger partial charge in [0, 0.05) is 17.1 Å². The number of carbonyl (C=O) groups is 1. The van der Waals surface area contributed by atoms with Gasteiger partial charge in [-0.05, 0) is 12.1 Å². The van der Waals surface area contributed by atoms with Gasteiger partial charge < -0.3 is 4.42 Å². The van der Waals surface area contributed by atoms with Gasteiger partial charge in [-0.3, -0.25) is 9.78 Å². The van der Waals surface area contributed by atoms with Crippen molar-refractivity contribution in [2.24, 2.45) is 0 Å². The summed E-state index contributed by atoms with van der Waals surface area (Å²) < 4.78 is 30.9. The zero-order chi connectivity index (χ0) is 18.1. The van der Waals surface area contributed by atoms with E-state index in [2.05, 4.69) is 15.2 Å². The molecule has 2 heterocycles. The number of sulfone groups is 1. The molecule has 0 fully saturated rings. The van der Waals surface area contributed by atoms with Crippen molar-refractivity contribution < 1.29 is 17.6 Å². The van der Waals surface area contributed by atoms with Gasteiger partial charge in [-0.25, -0.2) is 8.42 Å². The molecule has 0 radical (unpaired) electrons. The second-order valence-corrected chi connectivity index (χ2v) is 7.20. The number of hydrogen-bond acceptors (Lipinski definition) is 7. The first-order chi connectivity index (χ1) is 12.6. The van der Waals surface area contributed by atoms with Crippen LogP contribution in [0.15, 0.2) is 81.4 Å². The normalized spacial score (nSPS) is 11.5. The van der Waals surface area contributed by atoms with Crippen molar-refractivity contribution in [2.75, 3.05) is 0 Å². The number of carbonyl (C=O) groups excluding carboxylic acids is 1. The predicted molar refractivity (Wildman–Crippen MR) is 91.4 cm³/mol. The van der Waals surface area contributed by atoms with Crippen LogP contribution in [-0.4, -0.2) is 29.4 Å². The van der Waals surface area contributed by atoms with E-state index in [1.807, 2.05) is 0 Å². The van der Waals surface area contributed by atoms with Crippen LogP contribution >= 0.6 is 0 Å². The summed E-state index contributed by atoms with van der Waals surface area (Å²) in [5.74, 6) is -0.932. The zero-order valence-electron chi connectivity index (χ0n) is 13.2. The molecule has 0 atom stereocenters. The van der Waals surface area contributed by atoms with Crippen LogP contribution < -0.4 is 0 Å². The molecule has 0 saturated heterocycles. The molecule has 128 valence electrons. The molecular weight excluding hydrogens is 354 g/mol. The number of ketones is 1. The average molecular weight is 365 g/mol. The molecule has 0 amide bonds. The second kappa shape index (κ2) is 6.16. The number of nitrogens with zero attached hydrogens (tertiary/aromatic N) is 3. The fourth-order valence-electron chi connectivity index (χ4n) is 2.51. The highest BCUT2D eigenvalue weighted by Crippen LogP contribution is 2.26. The topological polar surface area (TPSA) is 103 Å². The number of hydrogen-bond donors (Lipinski definition) is 0. The summed E-state index contributed by atoms with van der Waals surface area (Å²) in [5, 5.41) is 7.18. The van der Waals surface area contributed by atoms with E-state index in [-0.39, 0.29) is 10.8 Å². The molecule has 7 nitrogen and oxygen atoms in total. The molecule has 26 heavy (non-hydrogen) atoms.